The Morgan fingerprint density at radius 1 is 1.65 bits per heavy atom. The van der Waals surface area contributed by atoms with Crippen LogP contribution in [0.1, 0.15) is 26.3 Å². The summed E-state index contributed by atoms with van der Waals surface area (Å²) in [4.78, 5) is 13.4. The second kappa shape index (κ2) is 4.75. The molecule has 1 aromatic heterocycles. The van der Waals surface area contributed by atoms with Crippen LogP contribution in [0.5, 0.6) is 0 Å². The Kier molecular flexibility index (Phi) is 3.33. The fraction of sp³-hybridized carbons (Fsp3) is 0.636. The number of anilines is 1. The van der Waals surface area contributed by atoms with Crippen molar-refractivity contribution < 1.29 is 9.90 Å². The first-order chi connectivity index (χ1) is 8.06. The molecule has 1 aliphatic heterocycles. The minimum atomic E-state index is -0.390. The van der Waals surface area contributed by atoms with Crippen LogP contribution in [0.2, 0.25) is 0 Å². The van der Waals surface area contributed by atoms with E-state index < -0.39 is 0 Å². The molecule has 1 saturated heterocycles. The number of aliphatic hydroxyl groups is 1. The van der Waals surface area contributed by atoms with Crippen molar-refractivity contribution in [1.29, 1.82) is 0 Å². The van der Waals surface area contributed by atoms with Crippen molar-refractivity contribution in [2.45, 2.75) is 32.4 Å². The van der Waals surface area contributed by atoms with Gasteiger partial charge in [0, 0.05) is 25.3 Å². The summed E-state index contributed by atoms with van der Waals surface area (Å²) in [5.41, 5.74) is 0.685. The average Bonchev–Trinajstić information content (AvgIpc) is 2.86. The van der Waals surface area contributed by atoms with Gasteiger partial charge >= 0.3 is 6.03 Å². The normalized spacial score (nSPS) is 20.0. The van der Waals surface area contributed by atoms with Crippen molar-refractivity contribution in [3.8, 4) is 0 Å². The zero-order chi connectivity index (χ0) is 12.4. The first-order valence-corrected chi connectivity index (χ1v) is 5.84. The number of aromatic nitrogens is 2. The summed E-state index contributed by atoms with van der Waals surface area (Å²) >= 11 is 0. The smallest absolute Gasteiger partial charge is 0.322 e. The molecule has 17 heavy (non-hydrogen) atoms. The molecule has 6 heteroatoms. The molecule has 94 valence electrons. The molecule has 0 radical (unpaired) electrons. The van der Waals surface area contributed by atoms with Gasteiger partial charge in [-0.1, -0.05) is 0 Å². The van der Waals surface area contributed by atoms with Gasteiger partial charge in [0.2, 0.25) is 0 Å². The molecule has 0 unspecified atom stereocenters. The monoisotopic (exact) mass is 238 g/mol. The fourth-order valence-electron chi connectivity index (χ4n) is 1.81. The molecule has 1 aromatic rings. The second-order valence-corrected chi connectivity index (χ2v) is 4.62. The van der Waals surface area contributed by atoms with Crippen LogP contribution in [0.3, 0.4) is 0 Å². The number of carbonyl (C=O) groups excluding carboxylic acids is 1. The number of urea groups is 1. The summed E-state index contributed by atoms with van der Waals surface area (Å²) in [6.07, 6.45) is 3.69. The van der Waals surface area contributed by atoms with Gasteiger partial charge in [-0.05, 0) is 20.3 Å². The average molecular weight is 238 g/mol. The summed E-state index contributed by atoms with van der Waals surface area (Å²) in [7, 11) is 0. The number of likely N-dealkylation sites (tertiary alicyclic amines) is 1. The van der Waals surface area contributed by atoms with Gasteiger partial charge in [-0.25, -0.2) is 4.79 Å². The van der Waals surface area contributed by atoms with E-state index in [-0.39, 0.29) is 18.2 Å². The molecule has 0 spiro atoms. The predicted molar refractivity (Wildman–Crippen MR) is 63.8 cm³/mol. The second-order valence-electron chi connectivity index (χ2n) is 4.62. The molecule has 1 aliphatic rings. The van der Waals surface area contributed by atoms with Gasteiger partial charge in [-0.2, -0.15) is 5.10 Å². The first kappa shape index (κ1) is 11.9. The number of nitrogens with zero attached hydrogens (tertiary/aromatic N) is 3. The van der Waals surface area contributed by atoms with Gasteiger partial charge in [-0.15, -0.1) is 0 Å². The van der Waals surface area contributed by atoms with Crippen molar-refractivity contribution in [2.24, 2.45) is 0 Å². The summed E-state index contributed by atoms with van der Waals surface area (Å²) in [5.74, 6) is 0. The van der Waals surface area contributed by atoms with Crippen molar-refractivity contribution in [3.05, 3.63) is 12.4 Å². The van der Waals surface area contributed by atoms with E-state index in [1.165, 1.54) is 0 Å². The maximum atomic E-state index is 11.8. The van der Waals surface area contributed by atoms with Gasteiger partial charge in [0.1, 0.15) is 0 Å². The van der Waals surface area contributed by atoms with Gasteiger partial charge in [0.05, 0.1) is 18.0 Å². The van der Waals surface area contributed by atoms with Gasteiger partial charge in [-0.3, -0.25) is 4.68 Å². The third-order valence-corrected chi connectivity index (χ3v) is 2.83. The highest BCUT2D eigenvalue weighted by atomic mass is 16.3. The topological polar surface area (TPSA) is 70.4 Å². The molecular weight excluding hydrogens is 220 g/mol. The number of β-amino-alcohol motifs (C(OH)–C–C–N with tert-alkyl or cyclic N) is 1. The van der Waals surface area contributed by atoms with Crippen LogP contribution in [-0.4, -0.2) is 45.0 Å². The summed E-state index contributed by atoms with van der Waals surface area (Å²) < 4.78 is 1.79. The summed E-state index contributed by atoms with van der Waals surface area (Å²) in [6.45, 7) is 5.06. The third-order valence-electron chi connectivity index (χ3n) is 2.83. The van der Waals surface area contributed by atoms with Crippen molar-refractivity contribution in [2.75, 3.05) is 18.4 Å². The minimum absolute atomic E-state index is 0.176. The molecule has 6 nitrogen and oxygen atoms in total. The van der Waals surface area contributed by atoms with Crippen LogP contribution in [0.15, 0.2) is 12.4 Å². The number of aliphatic hydroxyl groups excluding tert-OH is 1. The Bertz CT molecular complexity index is 402. The third kappa shape index (κ3) is 2.76. The molecule has 0 saturated carbocycles. The molecule has 0 aromatic carbocycles. The maximum absolute atomic E-state index is 11.8. The van der Waals surface area contributed by atoms with E-state index in [4.69, 9.17) is 0 Å². The Hall–Kier alpha value is -1.56. The number of carbonyl (C=O) groups is 1. The highest BCUT2D eigenvalue weighted by Crippen LogP contribution is 2.13. The summed E-state index contributed by atoms with van der Waals surface area (Å²) in [6, 6.07) is 0.0964. The molecule has 1 fully saturated rings. The highest BCUT2D eigenvalue weighted by Gasteiger charge is 2.24. The molecule has 2 rings (SSSR count). The Labute approximate surface area is 100 Å². The fourth-order valence-corrected chi connectivity index (χ4v) is 1.81. The number of hydrogen-bond donors (Lipinski definition) is 2. The number of amides is 2. The lowest BCUT2D eigenvalue weighted by atomic mass is 10.3. The highest BCUT2D eigenvalue weighted by molar-refractivity contribution is 5.89. The number of rotatable bonds is 2. The lowest BCUT2D eigenvalue weighted by molar-refractivity contribution is 0.176. The van der Waals surface area contributed by atoms with Crippen LogP contribution in [-0.2, 0) is 0 Å². The molecule has 0 bridgehead atoms. The van der Waals surface area contributed by atoms with Crippen LogP contribution >= 0.6 is 0 Å². The molecular formula is C11H18N4O2. The Balaban J connectivity index is 1.93. The molecule has 2 heterocycles. The molecule has 2 N–H and O–H groups in total. The predicted octanol–water partition coefficient (Wildman–Crippen LogP) is 1.06. The van der Waals surface area contributed by atoms with Gasteiger partial charge < -0.3 is 15.3 Å². The van der Waals surface area contributed by atoms with Crippen LogP contribution in [0, 0.1) is 0 Å². The number of nitrogens with one attached hydrogen (secondary N) is 1. The quantitative estimate of drug-likeness (QED) is 0.809. The lowest BCUT2D eigenvalue weighted by Gasteiger charge is -2.15. The van der Waals surface area contributed by atoms with E-state index in [9.17, 15) is 9.90 Å². The van der Waals surface area contributed by atoms with E-state index in [0.717, 1.165) is 0 Å². The molecule has 0 aliphatic carbocycles. The number of hydrogen-bond acceptors (Lipinski definition) is 3. The van der Waals surface area contributed by atoms with Crippen molar-refractivity contribution in [1.82, 2.24) is 14.7 Å². The lowest BCUT2D eigenvalue weighted by Crippen LogP contribution is -2.33. The molecule has 2 amide bonds. The van der Waals surface area contributed by atoms with E-state index in [0.29, 0.717) is 25.2 Å². The first-order valence-electron chi connectivity index (χ1n) is 5.84. The zero-order valence-electron chi connectivity index (χ0n) is 10.1. The zero-order valence-corrected chi connectivity index (χ0v) is 10.1. The van der Waals surface area contributed by atoms with Crippen LogP contribution < -0.4 is 5.32 Å². The minimum Gasteiger partial charge on any atom is -0.391 e. The van der Waals surface area contributed by atoms with Gasteiger partial charge in [0.15, 0.2) is 0 Å². The van der Waals surface area contributed by atoms with E-state index in [1.807, 2.05) is 13.8 Å². The molecule has 1 atom stereocenters. The maximum Gasteiger partial charge on any atom is 0.322 e. The van der Waals surface area contributed by atoms with E-state index in [1.54, 1.807) is 22.0 Å². The van der Waals surface area contributed by atoms with E-state index in [2.05, 4.69) is 10.4 Å². The largest absolute Gasteiger partial charge is 0.391 e. The Morgan fingerprint density at radius 2 is 2.41 bits per heavy atom. The summed E-state index contributed by atoms with van der Waals surface area (Å²) in [5, 5.41) is 16.3. The van der Waals surface area contributed by atoms with E-state index >= 15 is 0 Å². The van der Waals surface area contributed by atoms with Crippen LogP contribution in [0.25, 0.3) is 0 Å². The standard InChI is InChI=1S/C11H18N4O2/c1-8(2)15-6-9(5-12-15)13-11(17)14-4-3-10(16)7-14/h5-6,8,10,16H,3-4,7H2,1-2H3,(H,13,17)/t10-/m0/s1. The van der Waals surface area contributed by atoms with Crippen molar-refractivity contribution in [3.63, 3.8) is 0 Å². The van der Waals surface area contributed by atoms with Crippen molar-refractivity contribution >= 4 is 11.7 Å². The SMILES string of the molecule is CC(C)n1cc(NC(=O)N2CC[C@H](O)C2)cn1. The Morgan fingerprint density at radius 3 is 2.94 bits per heavy atom. The van der Waals surface area contributed by atoms with Gasteiger partial charge in [0.25, 0.3) is 0 Å². The van der Waals surface area contributed by atoms with Crippen LogP contribution in [0.4, 0.5) is 10.5 Å².